The summed E-state index contributed by atoms with van der Waals surface area (Å²) >= 11 is 0. The highest BCUT2D eigenvalue weighted by molar-refractivity contribution is 5.97. The van der Waals surface area contributed by atoms with E-state index in [-0.39, 0.29) is 11.8 Å². The van der Waals surface area contributed by atoms with Crippen LogP contribution in [0.5, 0.6) is 5.75 Å². The first-order valence-electron chi connectivity index (χ1n) is 6.12. The van der Waals surface area contributed by atoms with Crippen LogP contribution >= 0.6 is 0 Å². The quantitative estimate of drug-likeness (QED) is 0.715. The number of ketones is 1. The van der Waals surface area contributed by atoms with Crippen LogP contribution in [0, 0.1) is 5.92 Å². The Morgan fingerprint density at radius 1 is 1.41 bits per heavy atom. The van der Waals surface area contributed by atoms with Crippen molar-refractivity contribution >= 4 is 5.78 Å². The second-order valence-electron chi connectivity index (χ2n) is 4.96. The van der Waals surface area contributed by atoms with Gasteiger partial charge in [-0.2, -0.15) is 5.10 Å². The normalized spacial score (nSPS) is 11.2. The minimum atomic E-state index is 0.113. The van der Waals surface area contributed by atoms with E-state index < -0.39 is 0 Å². The summed E-state index contributed by atoms with van der Waals surface area (Å²) in [5, 5.41) is 4.21. The SMILES string of the molecule is COc1cnn(C(C)C)c1C(=O)CCC(C)C. The molecule has 1 heterocycles. The van der Waals surface area contributed by atoms with E-state index in [1.54, 1.807) is 18.0 Å². The lowest BCUT2D eigenvalue weighted by Crippen LogP contribution is -2.14. The molecule has 0 spiro atoms. The zero-order valence-corrected chi connectivity index (χ0v) is 11.4. The largest absolute Gasteiger partial charge is 0.493 e. The number of rotatable bonds is 6. The van der Waals surface area contributed by atoms with Crippen LogP contribution < -0.4 is 4.74 Å². The van der Waals surface area contributed by atoms with Gasteiger partial charge in [-0.3, -0.25) is 9.48 Å². The van der Waals surface area contributed by atoms with E-state index in [4.69, 9.17) is 4.74 Å². The third-order valence-electron chi connectivity index (χ3n) is 2.68. The molecule has 0 aliphatic carbocycles. The number of carbonyl (C=O) groups excluding carboxylic acids is 1. The number of hydrogen-bond acceptors (Lipinski definition) is 3. The van der Waals surface area contributed by atoms with E-state index in [1.165, 1.54) is 0 Å². The van der Waals surface area contributed by atoms with Gasteiger partial charge in [0.2, 0.25) is 0 Å². The van der Waals surface area contributed by atoms with Gasteiger partial charge in [0.1, 0.15) is 5.69 Å². The van der Waals surface area contributed by atoms with Crippen LogP contribution in [0.1, 0.15) is 57.1 Å². The van der Waals surface area contributed by atoms with Crippen LogP contribution in [0.4, 0.5) is 0 Å². The average Bonchev–Trinajstić information content (AvgIpc) is 2.69. The van der Waals surface area contributed by atoms with E-state index in [1.807, 2.05) is 13.8 Å². The molecule has 4 heteroatoms. The van der Waals surface area contributed by atoms with E-state index in [2.05, 4.69) is 18.9 Å². The number of aromatic nitrogens is 2. The van der Waals surface area contributed by atoms with Crippen LogP contribution in [0.25, 0.3) is 0 Å². The predicted octanol–water partition coefficient (Wildman–Crippen LogP) is 3.09. The molecular formula is C13H22N2O2. The first-order chi connectivity index (χ1) is 7.97. The van der Waals surface area contributed by atoms with Gasteiger partial charge >= 0.3 is 0 Å². The Morgan fingerprint density at radius 2 is 2.06 bits per heavy atom. The van der Waals surface area contributed by atoms with Crippen LogP contribution in [0.15, 0.2) is 6.20 Å². The van der Waals surface area contributed by atoms with Crippen molar-refractivity contribution in [1.29, 1.82) is 0 Å². The van der Waals surface area contributed by atoms with Crippen molar-refractivity contribution in [3.05, 3.63) is 11.9 Å². The Balaban J connectivity index is 2.93. The molecule has 0 radical (unpaired) electrons. The molecule has 0 atom stereocenters. The van der Waals surface area contributed by atoms with Crippen molar-refractivity contribution < 1.29 is 9.53 Å². The summed E-state index contributed by atoms with van der Waals surface area (Å²) in [4.78, 5) is 12.2. The second-order valence-corrected chi connectivity index (χ2v) is 4.96. The van der Waals surface area contributed by atoms with Gasteiger partial charge < -0.3 is 4.74 Å². The molecule has 0 N–H and O–H groups in total. The molecule has 0 amide bonds. The van der Waals surface area contributed by atoms with Crippen molar-refractivity contribution in [3.63, 3.8) is 0 Å². The lowest BCUT2D eigenvalue weighted by Gasteiger charge is -2.11. The van der Waals surface area contributed by atoms with E-state index in [9.17, 15) is 4.79 Å². The van der Waals surface area contributed by atoms with Gasteiger partial charge in [0, 0.05) is 12.5 Å². The fourth-order valence-electron chi connectivity index (χ4n) is 1.69. The number of methoxy groups -OCH3 is 1. The topological polar surface area (TPSA) is 44.1 Å². The van der Waals surface area contributed by atoms with Crippen molar-refractivity contribution in [2.24, 2.45) is 5.92 Å². The molecule has 0 aliphatic rings. The van der Waals surface area contributed by atoms with Crippen LogP contribution in [0.2, 0.25) is 0 Å². The number of hydrogen-bond donors (Lipinski definition) is 0. The highest BCUT2D eigenvalue weighted by Gasteiger charge is 2.20. The van der Waals surface area contributed by atoms with Crippen LogP contribution in [0.3, 0.4) is 0 Å². The molecule has 1 aromatic rings. The molecule has 0 aliphatic heterocycles. The number of ether oxygens (including phenoxy) is 1. The maximum absolute atomic E-state index is 12.2. The number of nitrogens with zero attached hydrogens (tertiary/aromatic N) is 2. The molecule has 0 saturated heterocycles. The van der Waals surface area contributed by atoms with Crippen molar-refractivity contribution in [1.82, 2.24) is 9.78 Å². The Labute approximate surface area is 103 Å². The first-order valence-corrected chi connectivity index (χ1v) is 6.12. The summed E-state index contributed by atoms with van der Waals surface area (Å²) in [5.74, 6) is 1.22. The first kappa shape index (κ1) is 13.7. The molecule has 96 valence electrons. The summed E-state index contributed by atoms with van der Waals surface area (Å²) in [7, 11) is 1.57. The van der Waals surface area contributed by atoms with Crippen molar-refractivity contribution in [2.45, 2.75) is 46.6 Å². The third-order valence-corrected chi connectivity index (χ3v) is 2.68. The zero-order chi connectivity index (χ0) is 13.0. The molecular weight excluding hydrogens is 216 g/mol. The smallest absolute Gasteiger partial charge is 0.184 e. The highest BCUT2D eigenvalue weighted by Crippen LogP contribution is 2.23. The maximum Gasteiger partial charge on any atom is 0.184 e. The van der Waals surface area contributed by atoms with Gasteiger partial charge in [-0.05, 0) is 26.2 Å². The molecule has 17 heavy (non-hydrogen) atoms. The van der Waals surface area contributed by atoms with E-state index in [0.717, 1.165) is 6.42 Å². The van der Waals surface area contributed by atoms with Gasteiger partial charge in [-0.15, -0.1) is 0 Å². The molecule has 0 fully saturated rings. The standard InChI is InChI=1S/C13H22N2O2/c1-9(2)6-7-11(16)13-12(17-5)8-14-15(13)10(3)4/h8-10H,6-7H2,1-5H3. The van der Waals surface area contributed by atoms with E-state index >= 15 is 0 Å². The highest BCUT2D eigenvalue weighted by atomic mass is 16.5. The summed E-state index contributed by atoms with van der Waals surface area (Å²) < 4.78 is 6.94. The molecule has 1 aromatic heterocycles. The second kappa shape index (κ2) is 5.84. The minimum absolute atomic E-state index is 0.113. The molecule has 0 aromatic carbocycles. The fourth-order valence-corrected chi connectivity index (χ4v) is 1.69. The third kappa shape index (κ3) is 3.32. The Morgan fingerprint density at radius 3 is 2.53 bits per heavy atom. The van der Waals surface area contributed by atoms with Gasteiger partial charge in [0.05, 0.1) is 13.3 Å². The summed E-state index contributed by atoms with van der Waals surface area (Å²) in [5.41, 5.74) is 0.600. The Hall–Kier alpha value is -1.32. The molecule has 0 unspecified atom stereocenters. The molecule has 4 nitrogen and oxygen atoms in total. The monoisotopic (exact) mass is 238 g/mol. The van der Waals surface area contributed by atoms with Gasteiger partial charge in [0.25, 0.3) is 0 Å². The van der Waals surface area contributed by atoms with Crippen LogP contribution in [-0.4, -0.2) is 22.7 Å². The van der Waals surface area contributed by atoms with E-state index in [0.29, 0.717) is 23.8 Å². The predicted molar refractivity (Wildman–Crippen MR) is 67.6 cm³/mol. The maximum atomic E-state index is 12.2. The molecule has 0 bridgehead atoms. The Kier molecular flexibility index (Phi) is 4.73. The Bertz CT molecular complexity index is 381. The number of Topliss-reactive ketones (excluding diaryl/α,β-unsaturated/α-hetero) is 1. The molecule has 1 rings (SSSR count). The summed E-state index contributed by atoms with van der Waals surface area (Å²) in [6, 6.07) is 0.164. The minimum Gasteiger partial charge on any atom is -0.493 e. The van der Waals surface area contributed by atoms with Gasteiger partial charge in [-0.25, -0.2) is 0 Å². The molecule has 0 saturated carbocycles. The van der Waals surface area contributed by atoms with Crippen LogP contribution in [-0.2, 0) is 0 Å². The lowest BCUT2D eigenvalue weighted by atomic mass is 10.0. The zero-order valence-electron chi connectivity index (χ0n) is 11.4. The van der Waals surface area contributed by atoms with Crippen molar-refractivity contribution in [2.75, 3.05) is 7.11 Å². The van der Waals surface area contributed by atoms with Crippen molar-refractivity contribution in [3.8, 4) is 5.75 Å². The average molecular weight is 238 g/mol. The summed E-state index contributed by atoms with van der Waals surface area (Å²) in [6.07, 6.45) is 3.06. The number of carbonyl (C=O) groups is 1. The fraction of sp³-hybridized carbons (Fsp3) is 0.692. The summed E-state index contributed by atoms with van der Waals surface area (Å²) in [6.45, 7) is 8.24. The lowest BCUT2D eigenvalue weighted by molar-refractivity contribution is 0.0960. The van der Waals surface area contributed by atoms with Gasteiger partial charge in [-0.1, -0.05) is 13.8 Å². The van der Waals surface area contributed by atoms with Gasteiger partial charge in [0.15, 0.2) is 11.5 Å².